The van der Waals surface area contributed by atoms with Gasteiger partial charge >= 0.3 is 5.97 Å². The van der Waals surface area contributed by atoms with Crippen LogP contribution in [0.3, 0.4) is 0 Å². The third-order valence-corrected chi connectivity index (χ3v) is 4.63. The lowest BCUT2D eigenvalue weighted by molar-refractivity contribution is 0.0697. The van der Waals surface area contributed by atoms with Crippen molar-refractivity contribution in [3.63, 3.8) is 0 Å². The van der Waals surface area contributed by atoms with E-state index < -0.39 is 5.97 Å². The average molecular weight is 365 g/mol. The Morgan fingerprint density at radius 1 is 1.27 bits per heavy atom. The molecule has 5 nitrogen and oxygen atoms in total. The van der Waals surface area contributed by atoms with Gasteiger partial charge in [0.05, 0.1) is 5.56 Å². The minimum atomic E-state index is -0.945. The van der Waals surface area contributed by atoms with E-state index in [-0.39, 0.29) is 5.56 Å². The highest BCUT2D eigenvalue weighted by Crippen LogP contribution is 2.27. The van der Waals surface area contributed by atoms with Gasteiger partial charge in [0.2, 0.25) is 0 Å². The number of aryl methyl sites for hydroxylation is 1. The molecule has 0 spiro atoms. The van der Waals surface area contributed by atoms with Crippen molar-refractivity contribution in [2.75, 3.05) is 5.32 Å². The third kappa shape index (κ3) is 3.81. The zero-order valence-corrected chi connectivity index (χ0v) is 15.2. The fourth-order valence-electron chi connectivity index (χ4n) is 2.64. The zero-order valence-electron chi connectivity index (χ0n) is 14.4. The van der Waals surface area contributed by atoms with E-state index in [1.807, 2.05) is 22.9 Å². The quantitative estimate of drug-likeness (QED) is 0.580. The number of rotatable bonds is 7. The number of aromatic nitrogens is 2. The Kier molecular flexibility index (Phi) is 5.43. The summed E-state index contributed by atoms with van der Waals surface area (Å²) in [7, 11) is 0. The van der Waals surface area contributed by atoms with Crippen LogP contribution in [-0.4, -0.2) is 21.0 Å². The van der Waals surface area contributed by atoms with Crippen LogP contribution in [0.15, 0.2) is 53.7 Å². The number of nitrogens with zero attached hydrogens (tertiary/aromatic N) is 2. The maximum Gasteiger partial charge on any atom is 0.335 e. The SMILES string of the molecule is C=CCc1c(CC)nc(-c2ccsc2)nc1Nc1ccc(C(=O)O)cc1. The molecule has 3 aromatic rings. The molecule has 1 aromatic carbocycles. The van der Waals surface area contributed by atoms with Gasteiger partial charge < -0.3 is 10.4 Å². The van der Waals surface area contributed by atoms with Crippen LogP contribution in [0.1, 0.15) is 28.5 Å². The highest BCUT2D eigenvalue weighted by Gasteiger charge is 2.14. The van der Waals surface area contributed by atoms with E-state index >= 15 is 0 Å². The topological polar surface area (TPSA) is 75.1 Å². The van der Waals surface area contributed by atoms with Crippen molar-refractivity contribution in [2.24, 2.45) is 0 Å². The van der Waals surface area contributed by atoms with Crippen molar-refractivity contribution in [2.45, 2.75) is 19.8 Å². The van der Waals surface area contributed by atoms with Crippen LogP contribution in [0.25, 0.3) is 11.4 Å². The number of allylic oxidation sites excluding steroid dienone is 1. The number of hydrogen-bond donors (Lipinski definition) is 2. The van der Waals surface area contributed by atoms with Gasteiger partial charge in [0.25, 0.3) is 0 Å². The van der Waals surface area contributed by atoms with Gasteiger partial charge in [-0.05, 0) is 48.6 Å². The van der Waals surface area contributed by atoms with E-state index in [9.17, 15) is 4.79 Å². The lowest BCUT2D eigenvalue weighted by Crippen LogP contribution is -2.07. The van der Waals surface area contributed by atoms with Crippen molar-refractivity contribution in [3.05, 3.63) is 70.6 Å². The Labute approximate surface area is 156 Å². The Morgan fingerprint density at radius 3 is 2.62 bits per heavy atom. The molecule has 0 bridgehead atoms. The van der Waals surface area contributed by atoms with E-state index in [0.29, 0.717) is 12.2 Å². The Morgan fingerprint density at radius 2 is 2.04 bits per heavy atom. The Hall–Kier alpha value is -2.99. The molecule has 0 atom stereocenters. The van der Waals surface area contributed by atoms with Crippen LogP contribution < -0.4 is 5.32 Å². The molecule has 2 aromatic heterocycles. The fraction of sp³-hybridized carbons (Fsp3) is 0.150. The molecular weight excluding hydrogens is 346 g/mol. The molecule has 132 valence electrons. The molecule has 0 aliphatic heterocycles. The molecular formula is C20H19N3O2S. The average Bonchev–Trinajstić information content (AvgIpc) is 3.18. The number of thiophene rings is 1. The van der Waals surface area contributed by atoms with Crippen LogP contribution in [0, 0.1) is 0 Å². The molecule has 0 saturated carbocycles. The fourth-order valence-corrected chi connectivity index (χ4v) is 3.27. The molecule has 0 aliphatic rings. The lowest BCUT2D eigenvalue weighted by Gasteiger charge is -2.15. The number of carboxylic acid groups (broad SMARTS) is 1. The van der Waals surface area contributed by atoms with Crippen molar-refractivity contribution < 1.29 is 9.90 Å². The second-order valence-corrected chi connectivity index (χ2v) is 6.47. The van der Waals surface area contributed by atoms with E-state index in [2.05, 4.69) is 18.8 Å². The van der Waals surface area contributed by atoms with Gasteiger partial charge in [-0.25, -0.2) is 14.8 Å². The maximum atomic E-state index is 11.0. The number of anilines is 2. The third-order valence-electron chi connectivity index (χ3n) is 3.95. The second-order valence-electron chi connectivity index (χ2n) is 5.69. The summed E-state index contributed by atoms with van der Waals surface area (Å²) in [5.74, 6) is 0.459. The minimum absolute atomic E-state index is 0.248. The van der Waals surface area contributed by atoms with Gasteiger partial charge in [0.1, 0.15) is 5.82 Å². The first kappa shape index (κ1) is 17.8. The smallest absolute Gasteiger partial charge is 0.335 e. The first-order chi connectivity index (χ1) is 12.6. The van der Waals surface area contributed by atoms with E-state index in [0.717, 1.165) is 34.7 Å². The van der Waals surface area contributed by atoms with Crippen molar-refractivity contribution >= 4 is 28.8 Å². The van der Waals surface area contributed by atoms with Crippen LogP contribution in [0.2, 0.25) is 0 Å². The van der Waals surface area contributed by atoms with E-state index in [1.165, 1.54) is 0 Å². The number of benzene rings is 1. The Balaban J connectivity index is 2.03. The monoisotopic (exact) mass is 365 g/mol. The summed E-state index contributed by atoms with van der Waals surface area (Å²) < 4.78 is 0. The van der Waals surface area contributed by atoms with Crippen LogP contribution in [0.5, 0.6) is 0 Å². The van der Waals surface area contributed by atoms with Crippen molar-refractivity contribution in [1.29, 1.82) is 0 Å². The van der Waals surface area contributed by atoms with Crippen LogP contribution >= 0.6 is 11.3 Å². The summed E-state index contributed by atoms with van der Waals surface area (Å²) in [6, 6.07) is 8.61. The molecule has 0 aliphatic carbocycles. The largest absolute Gasteiger partial charge is 0.478 e. The molecule has 0 fully saturated rings. The molecule has 6 heteroatoms. The van der Waals surface area contributed by atoms with Crippen LogP contribution in [-0.2, 0) is 12.8 Å². The summed E-state index contributed by atoms with van der Waals surface area (Å²) in [5.41, 5.74) is 3.99. The summed E-state index contributed by atoms with van der Waals surface area (Å²) >= 11 is 1.60. The maximum absolute atomic E-state index is 11.0. The highest BCUT2D eigenvalue weighted by molar-refractivity contribution is 7.08. The predicted molar refractivity (Wildman–Crippen MR) is 105 cm³/mol. The number of aromatic carboxylic acids is 1. The van der Waals surface area contributed by atoms with Gasteiger partial charge in [-0.3, -0.25) is 0 Å². The van der Waals surface area contributed by atoms with E-state index in [1.54, 1.807) is 35.6 Å². The molecule has 0 saturated heterocycles. The number of carboxylic acids is 1. The number of hydrogen-bond acceptors (Lipinski definition) is 5. The summed E-state index contributed by atoms with van der Waals surface area (Å²) in [6.07, 6.45) is 3.28. The van der Waals surface area contributed by atoms with Crippen LogP contribution in [0.4, 0.5) is 11.5 Å². The number of carbonyl (C=O) groups is 1. The van der Waals surface area contributed by atoms with E-state index in [4.69, 9.17) is 15.1 Å². The van der Waals surface area contributed by atoms with Gasteiger partial charge in [-0.2, -0.15) is 11.3 Å². The normalized spacial score (nSPS) is 10.5. The minimum Gasteiger partial charge on any atom is -0.478 e. The molecule has 0 unspecified atom stereocenters. The zero-order chi connectivity index (χ0) is 18.5. The molecule has 2 N–H and O–H groups in total. The van der Waals surface area contributed by atoms with Crippen molar-refractivity contribution in [3.8, 4) is 11.4 Å². The van der Waals surface area contributed by atoms with Crippen molar-refractivity contribution in [1.82, 2.24) is 9.97 Å². The summed E-state index contributed by atoms with van der Waals surface area (Å²) in [4.78, 5) is 20.5. The Bertz CT molecular complexity index is 919. The molecule has 2 heterocycles. The predicted octanol–water partition coefficient (Wildman–Crippen LogP) is 4.94. The first-order valence-electron chi connectivity index (χ1n) is 8.26. The van der Waals surface area contributed by atoms with Gasteiger partial charge in [-0.15, -0.1) is 6.58 Å². The molecule has 3 rings (SSSR count). The highest BCUT2D eigenvalue weighted by atomic mass is 32.1. The summed E-state index contributed by atoms with van der Waals surface area (Å²) in [5, 5.41) is 16.4. The number of nitrogens with one attached hydrogen (secondary N) is 1. The standard InChI is InChI=1S/C20H19N3O2S/c1-3-5-16-17(4-2)22-18(14-10-11-26-12-14)23-19(16)21-15-8-6-13(7-9-15)20(24)25/h3,6-12H,1,4-5H2,2H3,(H,24,25)(H,21,22,23). The van der Waals surface area contributed by atoms with Gasteiger partial charge in [0.15, 0.2) is 5.82 Å². The van der Waals surface area contributed by atoms with Gasteiger partial charge in [-0.1, -0.05) is 13.0 Å². The molecule has 26 heavy (non-hydrogen) atoms. The molecule has 0 radical (unpaired) electrons. The first-order valence-corrected chi connectivity index (χ1v) is 9.20. The summed E-state index contributed by atoms with van der Waals surface area (Å²) in [6.45, 7) is 5.90. The second kappa shape index (κ2) is 7.93. The van der Waals surface area contributed by atoms with Gasteiger partial charge in [0, 0.05) is 27.9 Å². The molecule has 0 amide bonds. The lowest BCUT2D eigenvalue weighted by atomic mass is 10.1.